The van der Waals surface area contributed by atoms with Gasteiger partial charge in [0.2, 0.25) is 0 Å². The molecule has 5 nitrogen and oxygen atoms in total. The molecule has 0 amide bonds. The maximum atomic E-state index is 4.59. The summed E-state index contributed by atoms with van der Waals surface area (Å²) in [7, 11) is 0. The Morgan fingerprint density at radius 2 is 1.95 bits per heavy atom. The van der Waals surface area contributed by atoms with Gasteiger partial charge in [-0.25, -0.2) is 20.5 Å². The highest BCUT2D eigenvalue weighted by Crippen LogP contribution is 2.29. The lowest BCUT2D eigenvalue weighted by Gasteiger charge is -2.10. The molecule has 1 aromatic heterocycles. The monoisotopic (exact) mass is 271 g/mol. The molecule has 1 saturated heterocycles. The Morgan fingerprint density at radius 1 is 1.20 bits per heavy atom. The van der Waals surface area contributed by atoms with Crippen LogP contribution in [0.4, 0.5) is 0 Å². The molecule has 0 radical (unpaired) electrons. The molecule has 1 aliphatic rings. The molecule has 5 heteroatoms. The summed E-state index contributed by atoms with van der Waals surface area (Å²) in [6.45, 7) is 5.03. The van der Waals surface area contributed by atoms with Gasteiger partial charge in [0.05, 0.1) is 6.04 Å². The van der Waals surface area contributed by atoms with Crippen molar-refractivity contribution in [3.63, 3.8) is 0 Å². The van der Waals surface area contributed by atoms with Crippen LogP contribution in [0.1, 0.15) is 49.1 Å². The Balaban J connectivity index is 1.77. The minimum absolute atomic E-state index is 0.216. The lowest BCUT2D eigenvalue weighted by molar-refractivity contribution is 0.487. The summed E-state index contributed by atoms with van der Waals surface area (Å²) in [6.07, 6.45) is 2.06. The Kier molecular flexibility index (Phi) is 3.80. The number of hydrogen-bond acceptors (Lipinski definition) is 4. The fourth-order valence-corrected chi connectivity index (χ4v) is 2.74. The molecule has 2 aromatic rings. The predicted molar refractivity (Wildman–Crippen MR) is 77.9 cm³/mol. The number of hydrogen-bond donors (Lipinski definition) is 2. The summed E-state index contributed by atoms with van der Waals surface area (Å²) in [5.41, 5.74) is 8.04. The Morgan fingerprint density at radius 3 is 2.70 bits per heavy atom. The van der Waals surface area contributed by atoms with Gasteiger partial charge in [-0.15, -0.1) is 0 Å². The average molecular weight is 271 g/mol. The zero-order valence-corrected chi connectivity index (χ0v) is 12.0. The van der Waals surface area contributed by atoms with E-state index in [-0.39, 0.29) is 6.04 Å². The van der Waals surface area contributed by atoms with E-state index in [9.17, 15) is 0 Å². The predicted octanol–water partition coefficient (Wildman–Crippen LogP) is 2.28. The Labute approximate surface area is 119 Å². The first-order valence-electron chi connectivity index (χ1n) is 7.25. The van der Waals surface area contributed by atoms with Crippen molar-refractivity contribution in [1.29, 1.82) is 0 Å². The number of nitrogens with zero attached hydrogens (tertiary/aromatic N) is 3. The molecule has 106 valence electrons. The van der Waals surface area contributed by atoms with Crippen molar-refractivity contribution < 1.29 is 0 Å². The van der Waals surface area contributed by atoms with E-state index >= 15 is 0 Å². The van der Waals surface area contributed by atoms with Gasteiger partial charge in [-0.05, 0) is 25.3 Å². The highest BCUT2D eigenvalue weighted by Gasteiger charge is 2.29. The largest absolute Gasteiger partial charge is 0.250 e. The van der Waals surface area contributed by atoms with Crippen molar-refractivity contribution in [3.05, 3.63) is 47.5 Å². The first-order valence-corrected chi connectivity index (χ1v) is 7.25. The third-order valence-corrected chi connectivity index (χ3v) is 3.66. The normalized spacial score (nSPS) is 22.3. The van der Waals surface area contributed by atoms with Crippen LogP contribution in [-0.4, -0.2) is 14.8 Å². The third-order valence-electron chi connectivity index (χ3n) is 3.66. The summed E-state index contributed by atoms with van der Waals surface area (Å²) < 4.78 is 2.03. The standard InChI is InChI=1S/C15H21N5/c1-3-9-20-15(16-11(2)19-20)14-10-13(17-18-14)12-7-5-4-6-8-12/h4-8,13-14,17-18H,3,9-10H2,1-2H3. The molecule has 1 aromatic carbocycles. The number of rotatable bonds is 4. The molecule has 0 bridgehead atoms. The van der Waals surface area contributed by atoms with E-state index in [2.05, 4.69) is 52.1 Å². The van der Waals surface area contributed by atoms with Crippen LogP contribution >= 0.6 is 0 Å². The van der Waals surface area contributed by atoms with Crippen molar-refractivity contribution in [2.24, 2.45) is 0 Å². The zero-order valence-electron chi connectivity index (χ0n) is 12.0. The van der Waals surface area contributed by atoms with Gasteiger partial charge in [0, 0.05) is 12.6 Å². The van der Waals surface area contributed by atoms with Gasteiger partial charge in [0.1, 0.15) is 11.6 Å². The van der Waals surface area contributed by atoms with Crippen molar-refractivity contribution in [1.82, 2.24) is 25.6 Å². The second-order valence-electron chi connectivity index (χ2n) is 5.28. The lowest BCUT2D eigenvalue weighted by Crippen LogP contribution is -2.28. The van der Waals surface area contributed by atoms with E-state index in [0.29, 0.717) is 6.04 Å². The smallest absolute Gasteiger partial charge is 0.147 e. The van der Waals surface area contributed by atoms with Gasteiger partial charge in [0.25, 0.3) is 0 Å². The summed E-state index contributed by atoms with van der Waals surface area (Å²) >= 11 is 0. The van der Waals surface area contributed by atoms with Crippen LogP contribution in [0.5, 0.6) is 0 Å². The molecule has 2 heterocycles. The Hall–Kier alpha value is -1.72. The topological polar surface area (TPSA) is 54.8 Å². The molecule has 20 heavy (non-hydrogen) atoms. The van der Waals surface area contributed by atoms with E-state index in [4.69, 9.17) is 0 Å². The molecule has 0 aliphatic carbocycles. The maximum Gasteiger partial charge on any atom is 0.147 e. The average Bonchev–Trinajstić information content (AvgIpc) is 3.07. The molecule has 2 N–H and O–H groups in total. The number of aromatic nitrogens is 3. The van der Waals surface area contributed by atoms with Crippen LogP contribution < -0.4 is 10.9 Å². The minimum atomic E-state index is 0.216. The highest BCUT2D eigenvalue weighted by atomic mass is 15.4. The lowest BCUT2D eigenvalue weighted by atomic mass is 10.0. The van der Waals surface area contributed by atoms with Crippen molar-refractivity contribution >= 4 is 0 Å². The van der Waals surface area contributed by atoms with Gasteiger partial charge in [0.15, 0.2) is 0 Å². The second kappa shape index (κ2) is 5.73. The van der Waals surface area contributed by atoms with Crippen LogP contribution in [0.15, 0.2) is 30.3 Å². The zero-order chi connectivity index (χ0) is 13.9. The SMILES string of the molecule is CCCn1nc(C)nc1C1CC(c2ccccc2)NN1. The molecule has 0 spiro atoms. The summed E-state index contributed by atoms with van der Waals surface area (Å²) in [6, 6.07) is 11.1. The van der Waals surface area contributed by atoms with Crippen LogP contribution in [0.2, 0.25) is 0 Å². The van der Waals surface area contributed by atoms with Gasteiger partial charge >= 0.3 is 0 Å². The van der Waals surface area contributed by atoms with E-state index in [1.54, 1.807) is 0 Å². The molecular formula is C15H21N5. The number of aryl methyl sites for hydroxylation is 2. The van der Waals surface area contributed by atoms with E-state index in [1.807, 2.05) is 17.7 Å². The number of nitrogens with one attached hydrogen (secondary N) is 2. The molecule has 0 saturated carbocycles. The van der Waals surface area contributed by atoms with Crippen LogP contribution in [0.3, 0.4) is 0 Å². The number of benzene rings is 1. The third kappa shape index (κ3) is 2.59. The summed E-state index contributed by atoms with van der Waals surface area (Å²) in [5.74, 6) is 1.88. The fraction of sp³-hybridized carbons (Fsp3) is 0.467. The molecule has 2 atom stereocenters. The molecule has 2 unspecified atom stereocenters. The Bertz CT molecular complexity index is 563. The first-order chi connectivity index (χ1) is 9.78. The van der Waals surface area contributed by atoms with Crippen LogP contribution in [-0.2, 0) is 6.54 Å². The second-order valence-corrected chi connectivity index (χ2v) is 5.28. The fourth-order valence-electron chi connectivity index (χ4n) is 2.74. The molecular weight excluding hydrogens is 250 g/mol. The quantitative estimate of drug-likeness (QED) is 0.895. The van der Waals surface area contributed by atoms with E-state index in [0.717, 1.165) is 31.0 Å². The van der Waals surface area contributed by atoms with Crippen LogP contribution in [0.25, 0.3) is 0 Å². The van der Waals surface area contributed by atoms with Crippen molar-refractivity contribution in [2.45, 2.75) is 45.3 Å². The van der Waals surface area contributed by atoms with E-state index < -0.39 is 0 Å². The summed E-state index contributed by atoms with van der Waals surface area (Å²) in [5, 5.41) is 4.48. The highest BCUT2D eigenvalue weighted by molar-refractivity contribution is 5.20. The first kappa shape index (κ1) is 13.3. The van der Waals surface area contributed by atoms with Gasteiger partial charge < -0.3 is 0 Å². The molecule has 1 fully saturated rings. The van der Waals surface area contributed by atoms with Gasteiger partial charge in [-0.3, -0.25) is 0 Å². The van der Waals surface area contributed by atoms with Crippen molar-refractivity contribution in [3.8, 4) is 0 Å². The van der Waals surface area contributed by atoms with E-state index in [1.165, 1.54) is 5.56 Å². The summed E-state index contributed by atoms with van der Waals surface area (Å²) in [4.78, 5) is 4.59. The molecule has 3 rings (SSSR count). The maximum absolute atomic E-state index is 4.59. The van der Waals surface area contributed by atoms with Gasteiger partial charge in [-0.1, -0.05) is 37.3 Å². The van der Waals surface area contributed by atoms with Crippen molar-refractivity contribution in [2.75, 3.05) is 0 Å². The van der Waals surface area contributed by atoms with Crippen LogP contribution in [0, 0.1) is 6.92 Å². The van der Waals surface area contributed by atoms with Gasteiger partial charge in [-0.2, -0.15) is 5.10 Å². The number of hydrazine groups is 1. The minimum Gasteiger partial charge on any atom is -0.250 e. The molecule has 1 aliphatic heterocycles.